The van der Waals surface area contributed by atoms with Crippen molar-refractivity contribution >= 4 is 31.2 Å². The monoisotopic (exact) mass is 502 g/mol. The first-order chi connectivity index (χ1) is 12.5. The Labute approximate surface area is 182 Å². The fourth-order valence-corrected chi connectivity index (χ4v) is 16.7. The molecule has 1 saturated carbocycles. The molecule has 27 heavy (non-hydrogen) atoms. The van der Waals surface area contributed by atoms with Gasteiger partial charge in [0.25, 0.3) is 0 Å². The minimum Gasteiger partial charge on any atom is -1.00 e. The van der Waals surface area contributed by atoms with Gasteiger partial charge < -0.3 is 24.0 Å². The maximum absolute atomic E-state index is 2.59. The molecule has 1 aliphatic carbocycles. The fraction of sp³-hybridized carbons (Fsp3) is 0.250. The Balaban J connectivity index is 0.00000210. The van der Waals surface area contributed by atoms with Gasteiger partial charge in [0, 0.05) is 0 Å². The highest BCUT2D eigenvalue weighted by molar-refractivity contribution is 7.98. The zero-order valence-electron chi connectivity index (χ0n) is 16.4. The van der Waals surface area contributed by atoms with Crippen molar-refractivity contribution in [2.75, 3.05) is 0 Å². The van der Waals surface area contributed by atoms with Crippen LogP contribution in [0.1, 0.15) is 12.8 Å². The summed E-state index contributed by atoms with van der Waals surface area (Å²) in [7, 11) is -3.11. The van der Waals surface area contributed by atoms with Crippen molar-refractivity contribution in [3.63, 3.8) is 0 Å². The van der Waals surface area contributed by atoms with Gasteiger partial charge in [-0.05, 0) is 49.2 Å². The van der Waals surface area contributed by atoms with E-state index in [1.54, 1.807) is 15.9 Å². The van der Waals surface area contributed by atoms with Gasteiger partial charge in [-0.3, -0.25) is 0 Å². The first-order valence-corrected chi connectivity index (χ1v) is 14.9. The summed E-state index contributed by atoms with van der Waals surface area (Å²) in [5.74, 6) is 0. The molecule has 0 radical (unpaired) electrons. The van der Waals surface area contributed by atoms with Crippen LogP contribution in [0.25, 0.3) is 0 Å². The van der Waals surface area contributed by atoms with Gasteiger partial charge in [0.15, 0.2) is 0 Å². The largest absolute Gasteiger partial charge is 1.00 e. The van der Waals surface area contributed by atoms with E-state index >= 15 is 0 Å². The minimum absolute atomic E-state index is 0. The Morgan fingerprint density at radius 2 is 0.889 bits per heavy atom. The number of benzene rings is 3. The van der Waals surface area contributed by atoms with Crippen LogP contribution in [0.15, 0.2) is 91.0 Å². The summed E-state index contributed by atoms with van der Waals surface area (Å²) in [6, 6.07) is 34.2. The van der Waals surface area contributed by atoms with E-state index in [0.717, 1.165) is 0 Å². The zero-order valence-corrected chi connectivity index (χ0v) is 20.5. The number of rotatable bonds is 5. The lowest BCUT2D eigenvalue weighted by molar-refractivity contribution is -0.00000533. The summed E-state index contributed by atoms with van der Waals surface area (Å²) in [6.45, 7) is 7.76. The minimum atomic E-state index is -1.70. The Kier molecular flexibility index (Phi) is 6.01. The van der Waals surface area contributed by atoms with E-state index in [2.05, 4.69) is 111 Å². The van der Waals surface area contributed by atoms with E-state index in [4.69, 9.17) is 0 Å². The number of hydrogen-bond acceptors (Lipinski definition) is 0. The van der Waals surface area contributed by atoms with Crippen molar-refractivity contribution in [3.8, 4) is 0 Å². The molecule has 0 saturated heterocycles. The third kappa shape index (κ3) is 3.24. The molecule has 0 spiro atoms. The van der Waals surface area contributed by atoms with Crippen LogP contribution in [0.4, 0.5) is 0 Å². The van der Waals surface area contributed by atoms with Gasteiger partial charge in [-0.15, -0.1) is 0 Å². The van der Waals surface area contributed by atoms with Gasteiger partial charge in [0.1, 0.15) is 23.2 Å². The van der Waals surface area contributed by atoms with E-state index in [0.29, 0.717) is 4.78 Å². The molecule has 0 heterocycles. The van der Waals surface area contributed by atoms with Crippen LogP contribution >= 0.6 is 7.26 Å². The van der Waals surface area contributed by atoms with E-state index < -0.39 is 15.3 Å². The molecular weight excluding hydrogens is 474 g/mol. The summed E-state index contributed by atoms with van der Waals surface area (Å²) in [6.07, 6.45) is 2.74. The molecule has 3 heteroatoms. The summed E-state index contributed by atoms with van der Waals surface area (Å²) < 4.78 is 0.462. The molecule has 0 unspecified atom stereocenters. The molecule has 0 atom stereocenters. The average Bonchev–Trinajstić information content (AvgIpc) is 3.47. The standard InChI is InChI=1S/C24H28PSi.HI/c1-26(2,3)24(19-20-24)25(21-13-7-4-8-14-21,22-15-9-5-10-16-22)23-17-11-6-12-18-23;/h4-18H,19-20H2,1-3H3;1H/q+1;/p-1. The molecule has 0 bridgehead atoms. The molecule has 0 nitrogen and oxygen atoms in total. The van der Waals surface area contributed by atoms with Crippen molar-refractivity contribution in [1.29, 1.82) is 0 Å². The van der Waals surface area contributed by atoms with Gasteiger partial charge in [-0.1, -0.05) is 74.2 Å². The maximum Gasteiger partial charge on any atom is 0.114 e. The third-order valence-electron chi connectivity index (χ3n) is 6.19. The van der Waals surface area contributed by atoms with Crippen LogP contribution in [-0.2, 0) is 0 Å². The summed E-state index contributed by atoms with van der Waals surface area (Å²) in [5.41, 5.74) is 0. The molecule has 0 N–H and O–H groups in total. The van der Waals surface area contributed by atoms with Gasteiger partial charge >= 0.3 is 0 Å². The highest BCUT2D eigenvalue weighted by Crippen LogP contribution is 2.78. The quantitative estimate of drug-likeness (QED) is 0.286. The molecular formula is C24H28IPSi. The van der Waals surface area contributed by atoms with Crippen molar-refractivity contribution < 1.29 is 24.0 Å². The van der Waals surface area contributed by atoms with E-state index in [1.165, 1.54) is 12.8 Å². The Hall–Kier alpha value is -0.963. The van der Waals surface area contributed by atoms with Crippen molar-refractivity contribution in [3.05, 3.63) is 91.0 Å². The van der Waals surface area contributed by atoms with E-state index in [9.17, 15) is 0 Å². The smallest absolute Gasteiger partial charge is 0.114 e. The molecule has 0 aliphatic heterocycles. The topological polar surface area (TPSA) is 0 Å². The van der Waals surface area contributed by atoms with Crippen LogP contribution in [0.2, 0.25) is 19.6 Å². The SMILES string of the molecule is C[Si](C)(C)C1([P+](c2ccccc2)(c2ccccc2)c2ccccc2)CC1.[I-]. The lowest BCUT2D eigenvalue weighted by Gasteiger charge is -2.41. The van der Waals surface area contributed by atoms with Crippen LogP contribution in [0.5, 0.6) is 0 Å². The van der Waals surface area contributed by atoms with E-state index in [-0.39, 0.29) is 24.0 Å². The molecule has 0 amide bonds. The lowest BCUT2D eigenvalue weighted by atomic mass is 10.4. The molecule has 3 aromatic rings. The van der Waals surface area contributed by atoms with Crippen molar-refractivity contribution in [2.45, 2.75) is 37.3 Å². The molecule has 3 aromatic carbocycles. The highest BCUT2D eigenvalue weighted by atomic mass is 127. The first kappa shape index (κ1) is 20.8. The van der Waals surface area contributed by atoms with Crippen LogP contribution in [0.3, 0.4) is 0 Å². The van der Waals surface area contributed by atoms with Crippen molar-refractivity contribution in [2.24, 2.45) is 0 Å². The van der Waals surface area contributed by atoms with Gasteiger partial charge in [-0.2, -0.15) is 0 Å². The first-order valence-electron chi connectivity index (χ1n) is 9.58. The van der Waals surface area contributed by atoms with Crippen LogP contribution in [-0.4, -0.2) is 12.9 Å². The zero-order chi connectivity index (χ0) is 18.3. The van der Waals surface area contributed by atoms with Crippen molar-refractivity contribution in [1.82, 2.24) is 0 Å². The van der Waals surface area contributed by atoms with Gasteiger partial charge in [0.2, 0.25) is 0 Å². The fourth-order valence-electron chi connectivity index (χ4n) is 4.85. The Morgan fingerprint density at radius 3 is 1.11 bits per heavy atom. The molecule has 1 fully saturated rings. The van der Waals surface area contributed by atoms with E-state index in [1.807, 2.05) is 0 Å². The second kappa shape index (κ2) is 7.81. The van der Waals surface area contributed by atoms with Gasteiger partial charge in [0.05, 0.1) is 12.9 Å². The second-order valence-corrected chi connectivity index (χ2v) is 18.1. The predicted octanol–water partition coefficient (Wildman–Crippen LogP) is 2.39. The Morgan fingerprint density at radius 1 is 0.593 bits per heavy atom. The maximum atomic E-state index is 2.59. The van der Waals surface area contributed by atoms with Crippen LogP contribution < -0.4 is 39.9 Å². The summed E-state index contributed by atoms with van der Waals surface area (Å²) >= 11 is 0. The predicted molar refractivity (Wildman–Crippen MR) is 120 cm³/mol. The highest BCUT2D eigenvalue weighted by Gasteiger charge is 2.74. The van der Waals surface area contributed by atoms with Crippen LogP contribution in [0, 0.1) is 0 Å². The Bertz CT molecular complexity index is 772. The molecule has 4 rings (SSSR count). The number of halogens is 1. The summed E-state index contributed by atoms with van der Waals surface area (Å²) in [5, 5.41) is 4.66. The molecule has 140 valence electrons. The second-order valence-electron chi connectivity index (χ2n) is 8.46. The third-order valence-corrected chi connectivity index (χ3v) is 17.5. The normalized spacial score (nSPS) is 15.7. The number of hydrogen-bond donors (Lipinski definition) is 0. The summed E-state index contributed by atoms with van der Waals surface area (Å²) in [4.78, 5) is 0. The van der Waals surface area contributed by atoms with Gasteiger partial charge in [-0.25, -0.2) is 0 Å². The average molecular weight is 502 g/mol. The lowest BCUT2D eigenvalue weighted by Crippen LogP contribution is -3.00. The molecule has 0 aromatic heterocycles. The molecule has 1 aliphatic rings.